The van der Waals surface area contributed by atoms with Crippen LogP contribution in [-0.2, 0) is 0 Å². The number of anilines is 2. The van der Waals surface area contributed by atoms with Gasteiger partial charge >= 0.3 is 6.03 Å². The molecule has 5 rings (SSSR count). The van der Waals surface area contributed by atoms with E-state index in [9.17, 15) is 4.79 Å². The van der Waals surface area contributed by atoms with Crippen molar-refractivity contribution in [3.8, 4) is 17.3 Å². The smallest absolute Gasteiger partial charge is 0.322 e. The summed E-state index contributed by atoms with van der Waals surface area (Å²) in [5.41, 5.74) is 3.14. The van der Waals surface area contributed by atoms with Crippen LogP contribution in [0.2, 0.25) is 0 Å². The number of nitriles is 1. The van der Waals surface area contributed by atoms with E-state index in [4.69, 9.17) is 5.26 Å². The Labute approximate surface area is 210 Å². The van der Waals surface area contributed by atoms with Crippen molar-refractivity contribution in [1.29, 1.82) is 5.26 Å². The fourth-order valence-electron chi connectivity index (χ4n) is 4.41. The molecule has 1 fully saturated rings. The first-order valence-corrected chi connectivity index (χ1v) is 11.3. The summed E-state index contributed by atoms with van der Waals surface area (Å²) in [6.07, 6.45) is 0. The quantitative estimate of drug-likeness (QED) is 0.424. The standard InChI is InChI=1S/C27H24N6O.ClH/c1-19-18-32(15-16-33(19)27(34)29-22-13-11-20(17-28)12-14-22)26-24-10-6-5-9-23(24)25(30-31-26)21-7-3-2-4-8-21;/h2-14,19H,15-16,18H2,1H3,(H,29,34);1H. The molecule has 176 valence electrons. The van der Waals surface area contributed by atoms with Crippen molar-refractivity contribution in [1.82, 2.24) is 15.1 Å². The minimum atomic E-state index is -0.146. The van der Waals surface area contributed by atoms with Gasteiger partial charge in [0.2, 0.25) is 0 Å². The van der Waals surface area contributed by atoms with Crippen molar-refractivity contribution in [2.75, 3.05) is 29.9 Å². The third kappa shape index (κ3) is 4.88. The molecule has 0 spiro atoms. The highest BCUT2D eigenvalue weighted by Gasteiger charge is 2.29. The molecule has 2 amide bonds. The average molecular weight is 485 g/mol. The SMILES string of the molecule is CC1CN(c2nnc(-c3ccccc3)c3ccccc23)CCN1C(=O)Nc1ccc(C#N)cc1.Cl. The molecule has 35 heavy (non-hydrogen) atoms. The fraction of sp³-hybridized carbons (Fsp3) is 0.185. The second kappa shape index (κ2) is 10.4. The Kier molecular flexibility index (Phi) is 7.14. The highest BCUT2D eigenvalue weighted by atomic mass is 35.5. The maximum atomic E-state index is 12.9. The number of nitrogens with zero attached hydrogens (tertiary/aromatic N) is 5. The lowest BCUT2D eigenvalue weighted by atomic mass is 10.0. The minimum Gasteiger partial charge on any atom is -0.351 e. The number of hydrogen-bond acceptors (Lipinski definition) is 5. The van der Waals surface area contributed by atoms with E-state index in [0.29, 0.717) is 30.9 Å². The van der Waals surface area contributed by atoms with Gasteiger partial charge in [-0.05, 0) is 31.2 Å². The van der Waals surface area contributed by atoms with E-state index >= 15 is 0 Å². The first-order valence-electron chi connectivity index (χ1n) is 11.3. The van der Waals surface area contributed by atoms with Crippen molar-refractivity contribution in [2.24, 2.45) is 0 Å². The second-order valence-corrected chi connectivity index (χ2v) is 8.39. The molecule has 0 radical (unpaired) electrons. The number of rotatable bonds is 3. The van der Waals surface area contributed by atoms with Crippen LogP contribution in [0, 0.1) is 11.3 Å². The molecule has 0 bridgehead atoms. The molecule has 1 saturated heterocycles. The van der Waals surface area contributed by atoms with Gasteiger partial charge < -0.3 is 15.1 Å². The molecule has 1 aromatic heterocycles. The number of urea groups is 1. The van der Waals surface area contributed by atoms with Crippen LogP contribution in [0.4, 0.5) is 16.3 Å². The molecule has 7 nitrogen and oxygen atoms in total. The number of halogens is 1. The number of benzene rings is 3. The van der Waals surface area contributed by atoms with Gasteiger partial charge in [-0.1, -0.05) is 54.6 Å². The van der Waals surface area contributed by atoms with Crippen LogP contribution in [0.3, 0.4) is 0 Å². The van der Waals surface area contributed by atoms with Gasteiger partial charge in [0.05, 0.1) is 11.6 Å². The Balaban J connectivity index is 0.00000289. The first-order chi connectivity index (χ1) is 16.6. The van der Waals surface area contributed by atoms with Crippen LogP contribution in [0.1, 0.15) is 12.5 Å². The zero-order valence-electron chi connectivity index (χ0n) is 19.3. The zero-order chi connectivity index (χ0) is 23.5. The van der Waals surface area contributed by atoms with E-state index in [1.807, 2.05) is 54.3 Å². The molecule has 1 aliphatic rings. The van der Waals surface area contributed by atoms with E-state index in [1.54, 1.807) is 24.3 Å². The highest BCUT2D eigenvalue weighted by Crippen LogP contribution is 2.32. The molecular weight excluding hydrogens is 460 g/mol. The number of fused-ring (bicyclic) bond motifs is 1. The molecule has 1 aliphatic heterocycles. The van der Waals surface area contributed by atoms with Crippen molar-refractivity contribution < 1.29 is 4.79 Å². The molecule has 8 heteroatoms. The van der Waals surface area contributed by atoms with Gasteiger partial charge in [0.1, 0.15) is 5.69 Å². The summed E-state index contributed by atoms with van der Waals surface area (Å²) in [6.45, 7) is 3.93. The predicted octanol–water partition coefficient (Wildman–Crippen LogP) is 5.33. The first kappa shape index (κ1) is 24.0. The Hall–Kier alpha value is -4.15. The molecule has 1 N–H and O–H groups in total. The molecule has 0 saturated carbocycles. The number of piperazine rings is 1. The molecule has 1 atom stereocenters. The molecule has 3 aromatic carbocycles. The Morgan fingerprint density at radius 3 is 2.31 bits per heavy atom. The van der Waals surface area contributed by atoms with E-state index in [2.05, 4.69) is 38.6 Å². The van der Waals surface area contributed by atoms with Gasteiger partial charge in [-0.2, -0.15) is 5.26 Å². The third-order valence-corrected chi connectivity index (χ3v) is 6.17. The van der Waals surface area contributed by atoms with Crippen LogP contribution in [0.25, 0.3) is 22.0 Å². The van der Waals surface area contributed by atoms with Gasteiger partial charge in [-0.3, -0.25) is 0 Å². The lowest BCUT2D eigenvalue weighted by Crippen LogP contribution is -2.55. The zero-order valence-corrected chi connectivity index (χ0v) is 20.1. The van der Waals surface area contributed by atoms with Gasteiger partial charge in [0.15, 0.2) is 5.82 Å². The topological polar surface area (TPSA) is 85.2 Å². The molecule has 1 unspecified atom stereocenters. The lowest BCUT2D eigenvalue weighted by molar-refractivity contribution is 0.184. The maximum absolute atomic E-state index is 12.9. The van der Waals surface area contributed by atoms with Crippen LogP contribution in [-0.4, -0.2) is 46.8 Å². The van der Waals surface area contributed by atoms with Crippen LogP contribution < -0.4 is 10.2 Å². The molecule has 0 aliphatic carbocycles. The van der Waals surface area contributed by atoms with Crippen molar-refractivity contribution in [3.05, 3.63) is 84.4 Å². The maximum Gasteiger partial charge on any atom is 0.322 e. The van der Waals surface area contributed by atoms with Crippen LogP contribution in [0.5, 0.6) is 0 Å². The molecule has 4 aromatic rings. The number of carbonyl (C=O) groups is 1. The van der Waals surface area contributed by atoms with E-state index in [-0.39, 0.29) is 24.5 Å². The number of aromatic nitrogens is 2. The van der Waals surface area contributed by atoms with Crippen LogP contribution in [0.15, 0.2) is 78.9 Å². The molecule has 2 heterocycles. The number of nitrogens with one attached hydrogen (secondary N) is 1. The average Bonchev–Trinajstić information content (AvgIpc) is 2.89. The summed E-state index contributed by atoms with van der Waals surface area (Å²) in [7, 11) is 0. The minimum absolute atomic E-state index is 0. The second-order valence-electron chi connectivity index (χ2n) is 8.39. The lowest BCUT2D eigenvalue weighted by Gasteiger charge is -2.40. The highest BCUT2D eigenvalue weighted by molar-refractivity contribution is 6.00. The number of amides is 2. The van der Waals surface area contributed by atoms with Gasteiger partial charge in [0.25, 0.3) is 0 Å². The van der Waals surface area contributed by atoms with Crippen molar-refractivity contribution in [2.45, 2.75) is 13.0 Å². The number of hydrogen-bond donors (Lipinski definition) is 1. The largest absolute Gasteiger partial charge is 0.351 e. The van der Waals surface area contributed by atoms with E-state index in [0.717, 1.165) is 27.8 Å². The Bertz CT molecular complexity index is 1370. The fourth-order valence-corrected chi connectivity index (χ4v) is 4.41. The van der Waals surface area contributed by atoms with Crippen molar-refractivity contribution in [3.63, 3.8) is 0 Å². The summed E-state index contributed by atoms with van der Waals surface area (Å²) in [6, 6.07) is 27.1. The molecular formula is C27H25ClN6O. The Morgan fingerprint density at radius 1 is 0.943 bits per heavy atom. The van der Waals surface area contributed by atoms with Gasteiger partial charge in [-0.15, -0.1) is 22.6 Å². The summed E-state index contributed by atoms with van der Waals surface area (Å²) < 4.78 is 0. The summed E-state index contributed by atoms with van der Waals surface area (Å²) in [5, 5.41) is 23.2. The Morgan fingerprint density at radius 2 is 1.63 bits per heavy atom. The summed E-state index contributed by atoms with van der Waals surface area (Å²) in [4.78, 5) is 16.9. The summed E-state index contributed by atoms with van der Waals surface area (Å²) >= 11 is 0. The normalized spacial score (nSPS) is 15.3. The van der Waals surface area contributed by atoms with Gasteiger partial charge in [-0.25, -0.2) is 4.79 Å². The third-order valence-electron chi connectivity index (χ3n) is 6.17. The number of carbonyl (C=O) groups excluding carboxylic acids is 1. The van der Waals surface area contributed by atoms with Crippen LogP contribution >= 0.6 is 12.4 Å². The van der Waals surface area contributed by atoms with Crippen molar-refractivity contribution >= 4 is 40.7 Å². The monoisotopic (exact) mass is 484 g/mol. The van der Waals surface area contributed by atoms with Gasteiger partial charge in [0, 0.05) is 47.7 Å². The summed E-state index contributed by atoms with van der Waals surface area (Å²) in [5.74, 6) is 0.842. The van der Waals surface area contributed by atoms with E-state index in [1.165, 1.54) is 0 Å². The van der Waals surface area contributed by atoms with E-state index < -0.39 is 0 Å². The predicted molar refractivity (Wildman–Crippen MR) is 141 cm³/mol.